The van der Waals surface area contributed by atoms with Gasteiger partial charge in [-0.2, -0.15) is 0 Å². The number of fused-ring (bicyclic) bond motifs is 1. The first-order chi connectivity index (χ1) is 7.25. The number of aryl methyl sites for hydroxylation is 3. The summed E-state index contributed by atoms with van der Waals surface area (Å²) < 4.78 is 0. The second-order valence-corrected chi connectivity index (χ2v) is 4.83. The SMILES string of the molecule is CC(N)CCCc1ccc2c(c1)CCC2. The quantitative estimate of drug-likeness (QED) is 0.800. The molecule has 1 aromatic rings. The molecule has 1 atom stereocenters. The largest absolute Gasteiger partial charge is 0.328 e. The number of nitrogens with two attached hydrogens (primary N) is 1. The monoisotopic (exact) mass is 203 g/mol. The summed E-state index contributed by atoms with van der Waals surface area (Å²) in [7, 11) is 0. The van der Waals surface area contributed by atoms with Crippen molar-refractivity contribution >= 4 is 0 Å². The second-order valence-electron chi connectivity index (χ2n) is 4.83. The smallest absolute Gasteiger partial charge is 0.00105 e. The zero-order valence-corrected chi connectivity index (χ0v) is 9.63. The molecule has 1 heteroatoms. The van der Waals surface area contributed by atoms with Crippen LogP contribution in [0.4, 0.5) is 0 Å². The van der Waals surface area contributed by atoms with Gasteiger partial charge >= 0.3 is 0 Å². The van der Waals surface area contributed by atoms with E-state index in [-0.39, 0.29) is 0 Å². The first-order valence-corrected chi connectivity index (χ1v) is 6.12. The van der Waals surface area contributed by atoms with Gasteiger partial charge in [-0.1, -0.05) is 18.2 Å². The average Bonchev–Trinajstić information content (AvgIpc) is 2.64. The average molecular weight is 203 g/mol. The van der Waals surface area contributed by atoms with Crippen molar-refractivity contribution in [3.63, 3.8) is 0 Å². The Morgan fingerprint density at radius 2 is 2.07 bits per heavy atom. The van der Waals surface area contributed by atoms with Crippen LogP contribution in [0.3, 0.4) is 0 Å². The third-order valence-corrected chi connectivity index (χ3v) is 3.29. The van der Waals surface area contributed by atoms with E-state index >= 15 is 0 Å². The van der Waals surface area contributed by atoms with Crippen molar-refractivity contribution in [1.82, 2.24) is 0 Å². The summed E-state index contributed by atoms with van der Waals surface area (Å²) in [4.78, 5) is 0. The predicted octanol–water partition coefficient (Wildman–Crippen LogP) is 2.85. The predicted molar refractivity (Wildman–Crippen MR) is 65.1 cm³/mol. The highest BCUT2D eigenvalue weighted by atomic mass is 14.6. The van der Waals surface area contributed by atoms with Crippen LogP contribution in [0.5, 0.6) is 0 Å². The zero-order chi connectivity index (χ0) is 10.7. The van der Waals surface area contributed by atoms with E-state index in [9.17, 15) is 0 Å². The van der Waals surface area contributed by atoms with E-state index in [2.05, 4.69) is 25.1 Å². The highest BCUT2D eigenvalue weighted by molar-refractivity contribution is 5.35. The Labute approximate surface area is 92.7 Å². The highest BCUT2D eigenvalue weighted by Gasteiger charge is 2.10. The Hall–Kier alpha value is -0.820. The van der Waals surface area contributed by atoms with Crippen molar-refractivity contribution in [2.45, 2.75) is 51.5 Å². The van der Waals surface area contributed by atoms with Gasteiger partial charge in [-0.3, -0.25) is 0 Å². The van der Waals surface area contributed by atoms with Crippen LogP contribution in [0.2, 0.25) is 0 Å². The fourth-order valence-corrected chi connectivity index (χ4v) is 2.41. The molecule has 0 aromatic heterocycles. The maximum atomic E-state index is 5.75. The summed E-state index contributed by atoms with van der Waals surface area (Å²) in [5.41, 5.74) is 10.4. The fourth-order valence-electron chi connectivity index (χ4n) is 2.41. The molecule has 0 heterocycles. The lowest BCUT2D eigenvalue weighted by atomic mass is 10.0. The van der Waals surface area contributed by atoms with E-state index in [1.54, 1.807) is 11.1 Å². The third-order valence-electron chi connectivity index (χ3n) is 3.29. The molecular weight excluding hydrogens is 182 g/mol. The number of hydrogen-bond acceptors (Lipinski definition) is 1. The first-order valence-electron chi connectivity index (χ1n) is 6.12. The van der Waals surface area contributed by atoms with E-state index in [4.69, 9.17) is 5.73 Å². The molecular formula is C14H21N. The minimum Gasteiger partial charge on any atom is -0.328 e. The highest BCUT2D eigenvalue weighted by Crippen LogP contribution is 2.23. The Morgan fingerprint density at radius 3 is 2.87 bits per heavy atom. The summed E-state index contributed by atoms with van der Waals surface area (Å²) in [5.74, 6) is 0. The van der Waals surface area contributed by atoms with Gasteiger partial charge in [0.15, 0.2) is 0 Å². The lowest BCUT2D eigenvalue weighted by Gasteiger charge is -2.06. The van der Waals surface area contributed by atoms with E-state index in [1.807, 2.05) is 0 Å². The Morgan fingerprint density at radius 1 is 1.27 bits per heavy atom. The summed E-state index contributed by atoms with van der Waals surface area (Å²) >= 11 is 0. The van der Waals surface area contributed by atoms with Crippen LogP contribution in [-0.2, 0) is 19.3 Å². The van der Waals surface area contributed by atoms with Crippen LogP contribution in [0.1, 0.15) is 42.9 Å². The van der Waals surface area contributed by atoms with E-state index in [0.717, 1.165) is 6.42 Å². The molecule has 0 saturated carbocycles. The maximum Gasteiger partial charge on any atom is 0.00105 e. The van der Waals surface area contributed by atoms with Crippen molar-refractivity contribution < 1.29 is 0 Å². The van der Waals surface area contributed by atoms with Gasteiger partial charge in [-0.25, -0.2) is 0 Å². The summed E-state index contributed by atoms with van der Waals surface area (Å²) in [5, 5.41) is 0. The molecule has 1 aliphatic rings. The minimum absolute atomic E-state index is 0.347. The van der Waals surface area contributed by atoms with Gasteiger partial charge in [0.1, 0.15) is 0 Å². The minimum atomic E-state index is 0.347. The summed E-state index contributed by atoms with van der Waals surface area (Å²) in [6.07, 6.45) is 7.47. The molecule has 0 spiro atoms. The van der Waals surface area contributed by atoms with Gasteiger partial charge in [-0.05, 0) is 62.1 Å². The van der Waals surface area contributed by atoms with E-state index in [1.165, 1.54) is 37.7 Å². The lowest BCUT2D eigenvalue weighted by molar-refractivity contribution is 0.624. The van der Waals surface area contributed by atoms with Crippen LogP contribution in [-0.4, -0.2) is 6.04 Å². The normalized spacial score (nSPS) is 16.4. The standard InChI is InChI=1S/C14H21N/c1-11(15)4-2-5-12-8-9-13-6-3-7-14(13)10-12/h8-11H,2-7,15H2,1H3. The van der Waals surface area contributed by atoms with Gasteiger partial charge in [0.25, 0.3) is 0 Å². The van der Waals surface area contributed by atoms with Gasteiger partial charge in [0.2, 0.25) is 0 Å². The van der Waals surface area contributed by atoms with Crippen molar-refractivity contribution in [1.29, 1.82) is 0 Å². The van der Waals surface area contributed by atoms with E-state index in [0.29, 0.717) is 6.04 Å². The number of hydrogen-bond donors (Lipinski definition) is 1. The molecule has 0 fully saturated rings. The number of rotatable bonds is 4. The first kappa shape index (κ1) is 10.7. The van der Waals surface area contributed by atoms with Crippen LogP contribution >= 0.6 is 0 Å². The second kappa shape index (κ2) is 4.80. The molecule has 1 aromatic carbocycles. The zero-order valence-electron chi connectivity index (χ0n) is 9.63. The summed E-state index contributed by atoms with van der Waals surface area (Å²) in [6, 6.07) is 7.37. The molecule has 0 amide bonds. The molecule has 2 rings (SSSR count). The molecule has 1 nitrogen and oxygen atoms in total. The summed E-state index contributed by atoms with van der Waals surface area (Å²) in [6.45, 7) is 2.09. The van der Waals surface area contributed by atoms with Crippen molar-refractivity contribution in [3.8, 4) is 0 Å². The number of benzene rings is 1. The van der Waals surface area contributed by atoms with Crippen LogP contribution in [0, 0.1) is 0 Å². The maximum absolute atomic E-state index is 5.75. The third kappa shape index (κ3) is 2.82. The Bertz CT molecular complexity index is 328. The van der Waals surface area contributed by atoms with Gasteiger partial charge in [0, 0.05) is 6.04 Å². The fraction of sp³-hybridized carbons (Fsp3) is 0.571. The topological polar surface area (TPSA) is 26.0 Å². The molecule has 0 saturated heterocycles. The van der Waals surface area contributed by atoms with Gasteiger partial charge in [-0.15, -0.1) is 0 Å². The Kier molecular flexibility index (Phi) is 3.42. The Balaban J connectivity index is 1.92. The van der Waals surface area contributed by atoms with Crippen LogP contribution in [0.25, 0.3) is 0 Å². The molecule has 82 valence electrons. The van der Waals surface area contributed by atoms with Gasteiger partial charge < -0.3 is 5.73 Å². The molecule has 1 aliphatic carbocycles. The van der Waals surface area contributed by atoms with Crippen molar-refractivity contribution in [3.05, 3.63) is 34.9 Å². The molecule has 0 aliphatic heterocycles. The van der Waals surface area contributed by atoms with Gasteiger partial charge in [0.05, 0.1) is 0 Å². The molecule has 0 bridgehead atoms. The lowest BCUT2D eigenvalue weighted by Crippen LogP contribution is -2.14. The molecule has 15 heavy (non-hydrogen) atoms. The van der Waals surface area contributed by atoms with Crippen molar-refractivity contribution in [2.24, 2.45) is 5.73 Å². The van der Waals surface area contributed by atoms with E-state index < -0.39 is 0 Å². The molecule has 0 radical (unpaired) electrons. The van der Waals surface area contributed by atoms with Crippen molar-refractivity contribution in [2.75, 3.05) is 0 Å². The molecule has 1 unspecified atom stereocenters. The van der Waals surface area contributed by atoms with Crippen LogP contribution < -0.4 is 5.73 Å². The van der Waals surface area contributed by atoms with Crippen LogP contribution in [0.15, 0.2) is 18.2 Å². The molecule has 2 N–H and O–H groups in total.